The van der Waals surface area contributed by atoms with Gasteiger partial charge in [0.2, 0.25) is 5.91 Å². The van der Waals surface area contributed by atoms with Crippen molar-refractivity contribution in [1.82, 2.24) is 10.2 Å². The van der Waals surface area contributed by atoms with Gasteiger partial charge in [-0.1, -0.05) is 39.0 Å². The topological polar surface area (TPSA) is 32.3 Å². The molecule has 0 aromatic rings. The van der Waals surface area contributed by atoms with E-state index in [0.717, 1.165) is 38.4 Å². The second kappa shape index (κ2) is 7.13. The van der Waals surface area contributed by atoms with Gasteiger partial charge in [-0.2, -0.15) is 0 Å². The Morgan fingerprint density at radius 1 is 1.17 bits per heavy atom. The van der Waals surface area contributed by atoms with Gasteiger partial charge in [0.05, 0.1) is 0 Å². The van der Waals surface area contributed by atoms with Gasteiger partial charge in [-0.3, -0.25) is 4.79 Å². The van der Waals surface area contributed by atoms with Crippen molar-refractivity contribution in [3.05, 3.63) is 0 Å². The van der Waals surface area contributed by atoms with Crippen LogP contribution in [0.15, 0.2) is 0 Å². The van der Waals surface area contributed by atoms with E-state index in [1.807, 2.05) is 0 Å². The van der Waals surface area contributed by atoms with Crippen LogP contribution in [0.4, 0.5) is 0 Å². The number of carbonyl (C=O) groups is 1. The first-order valence-electron chi connectivity index (χ1n) is 7.83. The lowest BCUT2D eigenvalue weighted by molar-refractivity contribution is -0.132. The van der Waals surface area contributed by atoms with Gasteiger partial charge >= 0.3 is 0 Å². The van der Waals surface area contributed by atoms with Crippen LogP contribution in [-0.2, 0) is 4.79 Å². The van der Waals surface area contributed by atoms with E-state index in [1.165, 1.54) is 38.5 Å². The number of amides is 1. The molecule has 3 heteroatoms. The van der Waals surface area contributed by atoms with Crippen LogP contribution in [0.5, 0.6) is 0 Å². The molecule has 3 nitrogen and oxygen atoms in total. The summed E-state index contributed by atoms with van der Waals surface area (Å²) in [6.07, 6.45) is 9.57. The molecule has 2 aliphatic heterocycles. The van der Waals surface area contributed by atoms with E-state index >= 15 is 0 Å². The molecule has 18 heavy (non-hydrogen) atoms. The number of nitrogens with one attached hydrogen (secondary N) is 1. The molecule has 2 atom stereocenters. The number of rotatable bonds is 7. The minimum Gasteiger partial charge on any atom is -0.338 e. The third-order valence-electron chi connectivity index (χ3n) is 4.51. The zero-order chi connectivity index (χ0) is 12.8. The molecule has 2 rings (SSSR count). The normalized spacial score (nSPS) is 26.6. The fourth-order valence-corrected chi connectivity index (χ4v) is 3.36. The molecule has 0 aromatic heterocycles. The van der Waals surface area contributed by atoms with Gasteiger partial charge in [-0.25, -0.2) is 0 Å². The van der Waals surface area contributed by atoms with Crippen molar-refractivity contribution in [2.75, 3.05) is 19.6 Å². The maximum Gasteiger partial charge on any atom is 0.222 e. The smallest absolute Gasteiger partial charge is 0.222 e. The lowest BCUT2D eigenvalue weighted by Gasteiger charge is -2.23. The first-order valence-corrected chi connectivity index (χ1v) is 7.83. The van der Waals surface area contributed by atoms with Crippen LogP contribution in [0.3, 0.4) is 0 Å². The van der Waals surface area contributed by atoms with Crippen LogP contribution in [-0.4, -0.2) is 36.5 Å². The summed E-state index contributed by atoms with van der Waals surface area (Å²) in [5.41, 5.74) is 0. The van der Waals surface area contributed by atoms with E-state index in [9.17, 15) is 4.79 Å². The van der Waals surface area contributed by atoms with Crippen molar-refractivity contribution in [3.8, 4) is 0 Å². The Labute approximate surface area is 111 Å². The summed E-state index contributed by atoms with van der Waals surface area (Å²) in [5.74, 6) is 1.14. The highest BCUT2D eigenvalue weighted by atomic mass is 16.2. The Morgan fingerprint density at radius 3 is 2.78 bits per heavy atom. The Bertz CT molecular complexity index is 267. The molecule has 1 amide bonds. The monoisotopic (exact) mass is 252 g/mol. The number of nitrogens with zero attached hydrogens (tertiary/aromatic N) is 1. The molecule has 0 unspecified atom stereocenters. The zero-order valence-corrected chi connectivity index (χ0v) is 11.8. The first-order chi connectivity index (χ1) is 8.83. The Morgan fingerprint density at radius 2 is 1.94 bits per heavy atom. The Balaban J connectivity index is 1.60. The van der Waals surface area contributed by atoms with E-state index in [0.29, 0.717) is 11.9 Å². The predicted molar refractivity (Wildman–Crippen MR) is 74.5 cm³/mol. The van der Waals surface area contributed by atoms with Gasteiger partial charge in [-0.05, 0) is 18.8 Å². The average molecular weight is 252 g/mol. The number of fused-ring (bicyclic) bond motifs is 1. The SMILES string of the molecule is CCCCCCCCC(=O)N1CC[C@H]2CNC[C@H]21. The second-order valence-corrected chi connectivity index (χ2v) is 5.88. The van der Waals surface area contributed by atoms with E-state index in [4.69, 9.17) is 0 Å². The number of carbonyl (C=O) groups excluding carboxylic acids is 1. The summed E-state index contributed by atoms with van der Waals surface area (Å²) < 4.78 is 0. The number of likely N-dealkylation sites (tertiary alicyclic amines) is 1. The Hall–Kier alpha value is -0.570. The molecule has 0 radical (unpaired) electrons. The van der Waals surface area contributed by atoms with Crippen molar-refractivity contribution >= 4 is 5.91 Å². The molecule has 0 saturated carbocycles. The molecule has 0 spiro atoms. The molecule has 2 heterocycles. The third-order valence-corrected chi connectivity index (χ3v) is 4.51. The fourth-order valence-electron chi connectivity index (χ4n) is 3.36. The van der Waals surface area contributed by atoms with Gasteiger partial charge in [0, 0.05) is 32.1 Å². The van der Waals surface area contributed by atoms with Crippen LogP contribution >= 0.6 is 0 Å². The minimum absolute atomic E-state index is 0.404. The van der Waals surface area contributed by atoms with E-state index < -0.39 is 0 Å². The van der Waals surface area contributed by atoms with Crippen LogP contribution in [0.1, 0.15) is 58.3 Å². The summed E-state index contributed by atoms with van der Waals surface area (Å²) in [5, 5.41) is 3.41. The van der Waals surface area contributed by atoms with Crippen LogP contribution < -0.4 is 5.32 Å². The largest absolute Gasteiger partial charge is 0.338 e. The van der Waals surface area contributed by atoms with Crippen molar-refractivity contribution in [2.45, 2.75) is 64.3 Å². The van der Waals surface area contributed by atoms with Crippen LogP contribution in [0.25, 0.3) is 0 Å². The maximum atomic E-state index is 12.2. The van der Waals surface area contributed by atoms with Gasteiger partial charge < -0.3 is 10.2 Å². The number of unbranched alkanes of at least 4 members (excludes halogenated alkanes) is 5. The quantitative estimate of drug-likeness (QED) is 0.706. The molecule has 1 N–H and O–H groups in total. The van der Waals surface area contributed by atoms with Gasteiger partial charge in [-0.15, -0.1) is 0 Å². The lowest BCUT2D eigenvalue weighted by atomic mass is 10.0. The van der Waals surface area contributed by atoms with Gasteiger partial charge in [0.1, 0.15) is 0 Å². The second-order valence-electron chi connectivity index (χ2n) is 5.88. The van der Waals surface area contributed by atoms with E-state index in [2.05, 4.69) is 17.1 Å². The fraction of sp³-hybridized carbons (Fsp3) is 0.933. The first kappa shape index (κ1) is 13.9. The molecular formula is C15H28N2O. The van der Waals surface area contributed by atoms with Gasteiger partial charge in [0.15, 0.2) is 0 Å². The number of hydrogen-bond donors (Lipinski definition) is 1. The molecule has 104 valence electrons. The lowest BCUT2D eigenvalue weighted by Crippen LogP contribution is -2.38. The highest BCUT2D eigenvalue weighted by Gasteiger charge is 2.39. The highest BCUT2D eigenvalue weighted by molar-refractivity contribution is 5.77. The standard InChI is InChI=1S/C15H28N2O/c1-2-3-4-5-6-7-8-15(18)17-10-9-13-11-16-12-14(13)17/h13-14,16H,2-12H2,1H3/t13-,14+/m0/s1. The summed E-state index contributed by atoms with van der Waals surface area (Å²) in [6, 6.07) is 0.512. The highest BCUT2D eigenvalue weighted by Crippen LogP contribution is 2.27. The molecule has 2 saturated heterocycles. The van der Waals surface area contributed by atoms with Crippen molar-refractivity contribution in [3.63, 3.8) is 0 Å². The van der Waals surface area contributed by atoms with Crippen molar-refractivity contribution < 1.29 is 4.79 Å². The molecule has 2 fully saturated rings. The van der Waals surface area contributed by atoms with E-state index in [1.54, 1.807) is 0 Å². The van der Waals surface area contributed by atoms with Crippen molar-refractivity contribution in [2.24, 2.45) is 5.92 Å². The molecule has 0 aromatic carbocycles. The van der Waals surface area contributed by atoms with Crippen molar-refractivity contribution in [1.29, 1.82) is 0 Å². The summed E-state index contributed by atoms with van der Waals surface area (Å²) >= 11 is 0. The van der Waals surface area contributed by atoms with E-state index in [-0.39, 0.29) is 0 Å². The minimum atomic E-state index is 0.404. The maximum absolute atomic E-state index is 12.2. The molecular weight excluding hydrogens is 224 g/mol. The van der Waals surface area contributed by atoms with Crippen LogP contribution in [0, 0.1) is 5.92 Å². The molecule has 2 aliphatic rings. The third kappa shape index (κ3) is 3.47. The molecule has 0 aliphatic carbocycles. The van der Waals surface area contributed by atoms with Crippen LogP contribution in [0.2, 0.25) is 0 Å². The summed E-state index contributed by atoms with van der Waals surface area (Å²) in [6.45, 7) is 5.38. The molecule has 0 bridgehead atoms. The zero-order valence-electron chi connectivity index (χ0n) is 11.8. The number of hydrogen-bond acceptors (Lipinski definition) is 2. The summed E-state index contributed by atoms with van der Waals surface area (Å²) in [4.78, 5) is 14.3. The summed E-state index contributed by atoms with van der Waals surface area (Å²) in [7, 11) is 0. The average Bonchev–Trinajstić information content (AvgIpc) is 2.95. The Kier molecular flexibility index (Phi) is 5.48. The predicted octanol–water partition coefficient (Wildman–Crippen LogP) is 2.56. The van der Waals surface area contributed by atoms with Gasteiger partial charge in [0.25, 0.3) is 0 Å².